The van der Waals surface area contributed by atoms with Crippen LogP contribution in [0.25, 0.3) is 21.3 Å². The van der Waals surface area contributed by atoms with Gasteiger partial charge in [0.05, 0.1) is 5.56 Å². The Morgan fingerprint density at radius 1 is 1.14 bits per heavy atom. The molecule has 3 amide bonds. The highest BCUT2D eigenvalue weighted by atomic mass is 32.1. The van der Waals surface area contributed by atoms with Crippen molar-refractivity contribution in [2.45, 2.75) is 0 Å². The lowest BCUT2D eigenvalue weighted by atomic mass is 10.1. The van der Waals surface area contributed by atoms with Gasteiger partial charge < -0.3 is 16.5 Å². The summed E-state index contributed by atoms with van der Waals surface area (Å²) in [5, 5.41) is 5.48. The molecule has 0 bridgehead atoms. The number of rotatable bonds is 3. The Morgan fingerprint density at radius 2 is 1.95 bits per heavy atom. The second-order valence-corrected chi connectivity index (χ2v) is 5.45. The molecule has 0 aliphatic heterocycles. The van der Waals surface area contributed by atoms with Gasteiger partial charge >= 0.3 is 6.03 Å². The molecule has 0 saturated heterocycles. The van der Waals surface area contributed by atoms with Crippen molar-refractivity contribution in [2.24, 2.45) is 11.5 Å². The third-order valence-corrected chi connectivity index (χ3v) is 3.99. The number of nitrogens with two attached hydrogens (primary N) is 2. The number of carbonyl (C=O) groups is 2. The first-order valence-corrected chi connectivity index (χ1v) is 6.99. The van der Waals surface area contributed by atoms with Crippen molar-refractivity contribution in [3.05, 3.63) is 41.3 Å². The maximum Gasteiger partial charge on any atom is 0.317 e. The molecule has 3 aromatic rings. The number of thiophene rings is 1. The highest BCUT2D eigenvalue weighted by molar-refractivity contribution is 7.17. The Bertz CT molecular complexity index is 850. The van der Waals surface area contributed by atoms with E-state index < -0.39 is 11.9 Å². The fourth-order valence-corrected chi connectivity index (χ4v) is 2.93. The Kier molecular flexibility index (Phi) is 3.11. The fourth-order valence-electron chi connectivity index (χ4n) is 2.16. The van der Waals surface area contributed by atoms with E-state index in [1.807, 2.05) is 29.6 Å². The SMILES string of the molecule is NC(=O)Nc1[nH]c(-c2ccc3sccc3c2)cc1C(N)=O. The minimum Gasteiger partial charge on any atom is -0.365 e. The summed E-state index contributed by atoms with van der Waals surface area (Å²) in [4.78, 5) is 25.4. The third-order valence-electron chi connectivity index (χ3n) is 3.09. The van der Waals surface area contributed by atoms with Crippen LogP contribution in [-0.4, -0.2) is 16.9 Å². The first-order valence-electron chi connectivity index (χ1n) is 6.11. The molecule has 0 saturated carbocycles. The van der Waals surface area contributed by atoms with E-state index in [0.717, 1.165) is 10.9 Å². The summed E-state index contributed by atoms with van der Waals surface area (Å²) in [7, 11) is 0. The Labute approximate surface area is 123 Å². The van der Waals surface area contributed by atoms with Gasteiger partial charge in [0.2, 0.25) is 0 Å². The van der Waals surface area contributed by atoms with Gasteiger partial charge in [-0.25, -0.2) is 4.79 Å². The number of hydrogen-bond acceptors (Lipinski definition) is 3. The molecule has 6 nitrogen and oxygen atoms in total. The molecular formula is C14H12N4O2S. The van der Waals surface area contributed by atoms with Gasteiger partial charge in [0, 0.05) is 10.4 Å². The number of anilines is 1. The average molecular weight is 300 g/mol. The van der Waals surface area contributed by atoms with Gasteiger partial charge in [0.15, 0.2) is 0 Å². The summed E-state index contributed by atoms with van der Waals surface area (Å²) in [6, 6.07) is 8.78. The van der Waals surface area contributed by atoms with Crippen LogP contribution < -0.4 is 16.8 Å². The smallest absolute Gasteiger partial charge is 0.317 e. The minimum atomic E-state index is -0.765. The molecule has 0 aliphatic carbocycles. The Balaban J connectivity index is 2.08. The summed E-state index contributed by atoms with van der Waals surface area (Å²) in [6.07, 6.45) is 0. The van der Waals surface area contributed by atoms with Gasteiger partial charge in [-0.05, 0) is 40.6 Å². The highest BCUT2D eigenvalue weighted by Crippen LogP contribution is 2.29. The number of amides is 3. The van der Waals surface area contributed by atoms with Gasteiger partial charge in [0.1, 0.15) is 5.82 Å². The van der Waals surface area contributed by atoms with Crippen LogP contribution in [0.15, 0.2) is 35.7 Å². The number of fused-ring (bicyclic) bond motifs is 1. The van der Waals surface area contributed by atoms with Crippen molar-refractivity contribution < 1.29 is 9.59 Å². The van der Waals surface area contributed by atoms with Crippen LogP contribution in [0.4, 0.5) is 10.6 Å². The van der Waals surface area contributed by atoms with Crippen molar-refractivity contribution in [1.29, 1.82) is 0 Å². The summed E-state index contributed by atoms with van der Waals surface area (Å²) >= 11 is 1.66. The number of primary amides is 2. The monoisotopic (exact) mass is 300 g/mol. The topological polar surface area (TPSA) is 114 Å². The van der Waals surface area contributed by atoms with Crippen LogP contribution in [0, 0.1) is 0 Å². The van der Waals surface area contributed by atoms with E-state index >= 15 is 0 Å². The number of nitrogens with one attached hydrogen (secondary N) is 2. The van der Waals surface area contributed by atoms with Crippen LogP contribution in [0.2, 0.25) is 0 Å². The molecule has 7 heteroatoms. The van der Waals surface area contributed by atoms with Gasteiger partial charge in [0.25, 0.3) is 5.91 Å². The van der Waals surface area contributed by atoms with Crippen molar-refractivity contribution in [3.8, 4) is 11.3 Å². The minimum absolute atomic E-state index is 0.189. The van der Waals surface area contributed by atoms with Crippen LogP contribution in [0.3, 0.4) is 0 Å². The van der Waals surface area contributed by atoms with E-state index in [2.05, 4.69) is 10.3 Å². The first-order chi connectivity index (χ1) is 10.0. The van der Waals surface area contributed by atoms with Crippen LogP contribution in [-0.2, 0) is 0 Å². The van der Waals surface area contributed by atoms with E-state index in [1.54, 1.807) is 17.4 Å². The zero-order chi connectivity index (χ0) is 15.0. The molecule has 0 spiro atoms. The fraction of sp³-hybridized carbons (Fsp3) is 0. The molecule has 0 fully saturated rings. The molecule has 0 unspecified atom stereocenters. The number of H-pyrrole nitrogens is 1. The third kappa shape index (κ3) is 2.46. The van der Waals surface area contributed by atoms with Gasteiger partial charge in [-0.1, -0.05) is 6.07 Å². The quantitative estimate of drug-likeness (QED) is 0.595. The molecule has 2 aromatic heterocycles. The summed E-state index contributed by atoms with van der Waals surface area (Å²) in [6.45, 7) is 0. The van der Waals surface area contributed by atoms with E-state index in [0.29, 0.717) is 5.69 Å². The average Bonchev–Trinajstić information content (AvgIpc) is 3.03. The number of aromatic nitrogens is 1. The first kappa shape index (κ1) is 13.2. The van der Waals surface area contributed by atoms with Gasteiger partial charge in [-0.3, -0.25) is 10.1 Å². The van der Waals surface area contributed by atoms with Gasteiger partial charge in [-0.15, -0.1) is 11.3 Å². The lowest BCUT2D eigenvalue weighted by molar-refractivity contribution is 0.100. The number of benzene rings is 1. The van der Waals surface area contributed by atoms with Crippen LogP contribution in [0.5, 0.6) is 0 Å². The summed E-state index contributed by atoms with van der Waals surface area (Å²) in [5.41, 5.74) is 12.1. The standard InChI is InChI=1S/C14H12N4O2S/c15-12(19)9-6-10(17-13(9)18-14(16)20)7-1-2-11-8(5-7)3-4-21-11/h1-6,17H,(H2,15,19)(H3,16,18,20). The number of hydrogen-bond donors (Lipinski definition) is 4. The highest BCUT2D eigenvalue weighted by Gasteiger charge is 2.15. The Hall–Kier alpha value is -2.80. The van der Waals surface area contributed by atoms with E-state index in [1.165, 1.54) is 4.70 Å². The summed E-state index contributed by atoms with van der Waals surface area (Å²) < 4.78 is 1.18. The predicted molar refractivity (Wildman–Crippen MR) is 83.3 cm³/mol. The summed E-state index contributed by atoms with van der Waals surface area (Å²) in [5.74, 6) is -0.437. The lowest BCUT2D eigenvalue weighted by Gasteiger charge is -2.01. The molecule has 106 valence electrons. The van der Waals surface area contributed by atoms with Crippen molar-refractivity contribution >= 4 is 39.2 Å². The molecule has 0 radical (unpaired) electrons. The zero-order valence-corrected chi connectivity index (χ0v) is 11.7. The largest absolute Gasteiger partial charge is 0.365 e. The number of carbonyl (C=O) groups excluding carboxylic acids is 2. The van der Waals surface area contributed by atoms with E-state index in [4.69, 9.17) is 11.5 Å². The maximum atomic E-state index is 11.4. The maximum absolute atomic E-state index is 11.4. The van der Waals surface area contributed by atoms with Crippen LogP contribution in [0.1, 0.15) is 10.4 Å². The second kappa shape index (κ2) is 4.95. The van der Waals surface area contributed by atoms with Crippen molar-refractivity contribution in [1.82, 2.24) is 4.98 Å². The molecule has 1 aromatic carbocycles. The van der Waals surface area contributed by atoms with Crippen LogP contribution >= 0.6 is 11.3 Å². The number of aromatic amines is 1. The van der Waals surface area contributed by atoms with Crippen molar-refractivity contribution in [2.75, 3.05) is 5.32 Å². The molecular weight excluding hydrogens is 288 g/mol. The lowest BCUT2D eigenvalue weighted by Crippen LogP contribution is -2.22. The molecule has 6 N–H and O–H groups in total. The zero-order valence-electron chi connectivity index (χ0n) is 10.8. The number of urea groups is 1. The molecule has 0 aliphatic rings. The normalized spacial score (nSPS) is 10.7. The predicted octanol–water partition coefficient (Wildman–Crippen LogP) is 2.49. The second-order valence-electron chi connectivity index (χ2n) is 4.50. The van der Waals surface area contributed by atoms with Gasteiger partial charge in [-0.2, -0.15) is 0 Å². The molecule has 0 atom stereocenters. The van der Waals surface area contributed by atoms with E-state index in [-0.39, 0.29) is 11.4 Å². The van der Waals surface area contributed by atoms with E-state index in [9.17, 15) is 9.59 Å². The molecule has 3 rings (SSSR count). The van der Waals surface area contributed by atoms with Crippen molar-refractivity contribution in [3.63, 3.8) is 0 Å². The molecule has 2 heterocycles. The molecule has 21 heavy (non-hydrogen) atoms. The Morgan fingerprint density at radius 3 is 2.67 bits per heavy atom.